The highest BCUT2D eigenvalue weighted by atomic mass is 16.4. The highest BCUT2D eigenvalue weighted by Gasteiger charge is 2.22. The van der Waals surface area contributed by atoms with Crippen LogP contribution < -0.4 is 0 Å². The number of carbonyl (C=O) groups excluding carboxylic acids is 1. The molecule has 1 aromatic carbocycles. The summed E-state index contributed by atoms with van der Waals surface area (Å²) in [7, 11) is 0. The Kier molecular flexibility index (Phi) is 5.46. The number of β-amino-alcohol motifs (C(OH)–C–C–N with tert-alkyl or cyclic N) is 1. The van der Waals surface area contributed by atoms with E-state index < -0.39 is 6.10 Å². The first kappa shape index (κ1) is 16.5. The fourth-order valence-electron chi connectivity index (χ4n) is 2.80. The minimum absolute atomic E-state index is 0.0325. The second-order valence-corrected chi connectivity index (χ2v) is 5.90. The Balaban J connectivity index is 1.46. The molecule has 0 bridgehead atoms. The van der Waals surface area contributed by atoms with Gasteiger partial charge in [0.25, 0.3) is 0 Å². The molecule has 2 aromatic rings. The molecule has 1 saturated heterocycles. The van der Waals surface area contributed by atoms with Crippen molar-refractivity contribution in [3.8, 4) is 0 Å². The number of hydrogen-bond donors (Lipinski definition) is 1. The van der Waals surface area contributed by atoms with Crippen molar-refractivity contribution in [1.29, 1.82) is 0 Å². The molecule has 1 fully saturated rings. The topological polar surface area (TPSA) is 56.9 Å². The summed E-state index contributed by atoms with van der Waals surface area (Å²) in [5.74, 6) is 0.615. The summed E-state index contributed by atoms with van der Waals surface area (Å²) in [6.45, 7) is 3.37. The maximum Gasteiger partial charge on any atom is 0.246 e. The van der Waals surface area contributed by atoms with Gasteiger partial charge in [0.1, 0.15) is 11.9 Å². The zero-order valence-electron chi connectivity index (χ0n) is 13.5. The van der Waals surface area contributed by atoms with E-state index in [2.05, 4.69) is 4.90 Å². The standard InChI is InChI=1S/C19H22N2O3/c22-17(18-7-4-14-24-18)15-20-10-12-21(13-11-20)19(23)9-8-16-5-2-1-3-6-16/h1-9,14,17,22H,10-13,15H2/b9-8+. The van der Waals surface area contributed by atoms with Crippen molar-refractivity contribution in [1.82, 2.24) is 9.80 Å². The Hall–Kier alpha value is -2.37. The van der Waals surface area contributed by atoms with Crippen LogP contribution in [0.5, 0.6) is 0 Å². The van der Waals surface area contributed by atoms with E-state index >= 15 is 0 Å². The largest absolute Gasteiger partial charge is 0.467 e. The van der Waals surface area contributed by atoms with Gasteiger partial charge in [-0.1, -0.05) is 30.3 Å². The Bertz CT molecular complexity index is 659. The summed E-state index contributed by atoms with van der Waals surface area (Å²) < 4.78 is 5.22. The average molecular weight is 326 g/mol. The van der Waals surface area contributed by atoms with Crippen molar-refractivity contribution < 1.29 is 14.3 Å². The molecular weight excluding hydrogens is 304 g/mol. The molecule has 1 amide bonds. The van der Waals surface area contributed by atoms with Crippen LogP contribution in [0.4, 0.5) is 0 Å². The number of benzene rings is 1. The molecule has 1 aliphatic rings. The van der Waals surface area contributed by atoms with Gasteiger partial charge < -0.3 is 14.4 Å². The third-order valence-electron chi connectivity index (χ3n) is 4.20. The highest BCUT2D eigenvalue weighted by molar-refractivity contribution is 5.91. The normalized spacial score (nSPS) is 17.3. The van der Waals surface area contributed by atoms with Gasteiger partial charge in [-0.05, 0) is 23.8 Å². The van der Waals surface area contributed by atoms with Crippen molar-refractivity contribution >= 4 is 12.0 Å². The van der Waals surface area contributed by atoms with Gasteiger partial charge in [-0.15, -0.1) is 0 Å². The molecule has 5 heteroatoms. The lowest BCUT2D eigenvalue weighted by atomic mass is 10.2. The van der Waals surface area contributed by atoms with Gasteiger partial charge >= 0.3 is 0 Å². The van der Waals surface area contributed by atoms with Crippen molar-refractivity contribution in [3.63, 3.8) is 0 Å². The molecule has 1 aromatic heterocycles. The molecule has 126 valence electrons. The quantitative estimate of drug-likeness (QED) is 0.856. The molecule has 1 N–H and O–H groups in total. The predicted octanol–water partition coefficient (Wildman–Crippen LogP) is 2.17. The number of piperazine rings is 1. The molecule has 0 saturated carbocycles. The second kappa shape index (κ2) is 7.95. The summed E-state index contributed by atoms with van der Waals surface area (Å²) in [6, 6.07) is 13.3. The fourth-order valence-corrected chi connectivity index (χ4v) is 2.80. The fraction of sp³-hybridized carbons (Fsp3) is 0.316. The van der Waals surface area contributed by atoms with E-state index in [1.807, 2.05) is 41.3 Å². The van der Waals surface area contributed by atoms with E-state index in [1.54, 1.807) is 24.5 Å². The average Bonchev–Trinajstić information content (AvgIpc) is 3.16. The third-order valence-corrected chi connectivity index (χ3v) is 4.20. The Morgan fingerprint density at radius 3 is 2.54 bits per heavy atom. The van der Waals surface area contributed by atoms with Gasteiger partial charge in [0, 0.05) is 38.8 Å². The van der Waals surface area contributed by atoms with E-state index in [1.165, 1.54) is 0 Å². The SMILES string of the molecule is O=C(/C=C/c1ccccc1)N1CCN(CC(O)c2ccco2)CC1. The first-order chi connectivity index (χ1) is 11.7. The summed E-state index contributed by atoms with van der Waals surface area (Å²) in [4.78, 5) is 16.2. The molecule has 1 unspecified atom stereocenters. The second-order valence-electron chi connectivity index (χ2n) is 5.90. The molecule has 3 rings (SSSR count). The number of rotatable bonds is 5. The number of hydrogen-bond acceptors (Lipinski definition) is 4. The van der Waals surface area contributed by atoms with E-state index in [-0.39, 0.29) is 5.91 Å². The van der Waals surface area contributed by atoms with Crippen LogP contribution in [0.3, 0.4) is 0 Å². The van der Waals surface area contributed by atoms with Crippen molar-refractivity contribution in [2.45, 2.75) is 6.10 Å². The van der Waals surface area contributed by atoms with E-state index in [4.69, 9.17) is 4.42 Å². The molecule has 0 radical (unpaired) electrons. The van der Waals surface area contributed by atoms with Crippen LogP contribution in [0.25, 0.3) is 6.08 Å². The summed E-state index contributed by atoms with van der Waals surface area (Å²) in [5, 5.41) is 10.1. The van der Waals surface area contributed by atoms with Gasteiger partial charge in [0.05, 0.1) is 6.26 Å². The summed E-state index contributed by atoms with van der Waals surface area (Å²) >= 11 is 0. The molecule has 1 aliphatic heterocycles. The Morgan fingerprint density at radius 2 is 1.88 bits per heavy atom. The maximum atomic E-state index is 12.2. The minimum Gasteiger partial charge on any atom is -0.467 e. The lowest BCUT2D eigenvalue weighted by molar-refractivity contribution is -0.127. The van der Waals surface area contributed by atoms with E-state index in [9.17, 15) is 9.90 Å². The first-order valence-corrected chi connectivity index (χ1v) is 8.18. The zero-order valence-corrected chi connectivity index (χ0v) is 13.5. The van der Waals surface area contributed by atoms with Crippen LogP contribution in [0.2, 0.25) is 0 Å². The number of amides is 1. The Labute approximate surface area is 141 Å². The van der Waals surface area contributed by atoms with E-state index in [0.29, 0.717) is 25.4 Å². The van der Waals surface area contributed by atoms with Gasteiger partial charge in [0.15, 0.2) is 0 Å². The van der Waals surface area contributed by atoms with Crippen molar-refractivity contribution in [2.24, 2.45) is 0 Å². The van der Waals surface area contributed by atoms with Crippen LogP contribution in [-0.2, 0) is 4.79 Å². The van der Waals surface area contributed by atoms with Crippen molar-refractivity contribution in [3.05, 3.63) is 66.1 Å². The molecule has 2 heterocycles. The van der Waals surface area contributed by atoms with Gasteiger partial charge in [-0.2, -0.15) is 0 Å². The number of aliphatic hydroxyl groups is 1. The third kappa shape index (κ3) is 4.34. The Morgan fingerprint density at radius 1 is 1.12 bits per heavy atom. The monoisotopic (exact) mass is 326 g/mol. The van der Waals surface area contributed by atoms with Crippen LogP contribution in [0.1, 0.15) is 17.4 Å². The molecule has 24 heavy (non-hydrogen) atoms. The lowest BCUT2D eigenvalue weighted by Crippen LogP contribution is -2.49. The summed E-state index contributed by atoms with van der Waals surface area (Å²) in [6.07, 6.45) is 4.41. The highest BCUT2D eigenvalue weighted by Crippen LogP contribution is 2.15. The maximum absolute atomic E-state index is 12.2. The predicted molar refractivity (Wildman–Crippen MR) is 92.2 cm³/mol. The van der Waals surface area contributed by atoms with E-state index in [0.717, 1.165) is 18.7 Å². The minimum atomic E-state index is -0.625. The number of aliphatic hydroxyl groups excluding tert-OH is 1. The molecule has 5 nitrogen and oxygen atoms in total. The lowest BCUT2D eigenvalue weighted by Gasteiger charge is -2.34. The van der Waals surface area contributed by atoms with Crippen LogP contribution >= 0.6 is 0 Å². The van der Waals surface area contributed by atoms with Crippen LogP contribution in [-0.4, -0.2) is 53.5 Å². The number of nitrogens with zero attached hydrogens (tertiary/aromatic N) is 2. The molecular formula is C19H22N2O3. The molecule has 1 atom stereocenters. The van der Waals surface area contributed by atoms with Gasteiger partial charge in [0.2, 0.25) is 5.91 Å². The van der Waals surface area contributed by atoms with Crippen molar-refractivity contribution in [2.75, 3.05) is 32.7 Å². The van der Waals surface area contributed by atoms with Crippen LogP contribution in [0.15, 0.2) is 59.2 Å². The van der Waals surface area contributed by atoms with Gasteiger partial charge in [-0.25, -0.2) is 0 Å². The number of furan rings is 1. The van der Waals surface area contributed by atoms with Gasteiger partial charge in [-0.3, -0.25) is 9.69 Å². The molecule has 0 spiro atoms. The molecule has 0 aliphatic carbocycles. The summed E-state index contributed by atoms with van der Waals surface area (Å²) in [5.41, 5.74) is 1.02. The van der Waals surface area contributed by atoms with Crippen LogP contribution in [0, 0.1) is 0 Å². The zero-order chi connectivity index (χ0) is 16.8. The smallest absolute Gasteiger partial charge is 0.246 e. The first-order valence-electron chi connectivity index (χ1n) is 8.18. The number of carbonyl (C=O) groups is 1.